The van der Waals surface area contributed by atoms with E-state index in [0.717, 1.165) is 5.17 Å². The van der Waals surface area contributed by atoms with Crippen molar-refractivity contribution >= 4 is 34.7 Å². The van der Waals surface area contributed by atoms with Gasteiger partial charge in [-0.15, -0.1) is 5.59 Å². The lowest BCUT2D eigenvalue weighted by Gasteiger charge is -2.36. The van der Waals surface area contributed by atoms with Crippen LogP contribution in [0.5, 0.6) is 0 Å². The summed E-state index contributed by atoms with van der Waals surface area (Å²) in [4.78, 5) is 35.2. The Bertz CT molecular complexity index is 1370. The maximum absolute atomic E-state index is 12.7. The molecule has 0 aromatic carbocycles. The van der Waals surface area contributed by atoms with Crippen molar-refractivity contribution in [2.45, 2.75) is 50.0 Å². The Balaban J connectivity index is 1.42. The number of fused-ring (bicyclic) bond motifs is 2. The molecule has 3 aromatic heterocycles. The summed E-state index contributed by atoms with van der Waals surface area (Å²) in [6.45, 7) is -0.393. The molecule has 1 amide bonds. The summed E-state index contributed by atoms with van der Waals surface area (Å²) in [6, 6.07) is 0. The SMILES string of the molecule is Nc1ncnc2c1nc(NN1c3c(ncn3[C@H]3C[C@H](O)[C@@H](CO)O3)C(=O)NC1N)n2[C@H]1C[C@H](O)N(NO)O1. The number of hydrazine groups is 2. The van der Waals surface area contributed by atoms with E-state index in [2.05, 4.69) is 30.7 Å². The minimum absolute atomic E-state index is 0.00917. The van der Waals surface area contributed by atoms with Gasteiger partial charge in [-0.1, -0.05) is 5.17 Å². The zero-order valence-corrected chi connectivity index (χ0v) is 19.5. The summed E-state index contributed by atoms with van der Waals surface area (Å²) in [7, 11) is 0. The Morgan fingerprint density at radius 1 is 1.21 bits per heavy atom. The number of nitrogens with two attached hydrogens (primary N) is 2. The third-order valence-electron chi connectivity index (χ3n) is 6.49. The van der Waals surface area contributed by atoms with Gasteiger partial charge in [0.25, 0.3) is 5.91 Å². The molecule has 6 rings (SSSR count). The van der Waals surface area contributed by atoms with Gasteiger partial charge in [-0.3, -0.25) is 35.1 Å². The number of imidazole rings is 2. The molecule has 0 aliphatic carbocycles. The molecule has 2 fully saturated rings. The largest absolute Gasteiger partial charge is 0.394 e. The molecule has 0 spiro atoms. The van der Waals surface area contributed by atoms with Crippen molar-refractivity contribution in [3.63, 3.8) is 0 Å². The topological polar surface area (TPSA) is 272 Å². The Labute approximate surface area is 212 Å². The summed E-state index contributed by atoms with van der Waals surface area (Å²) in [5, 5.41) is 43.9. The Morgan fingerprint density at radius 3 is 2.74 bits per heavy atom. The molecule has 20 heteroatoms. The number of nitrogens with zero attached hydrogens (tertiary/aromatic N) is 8. The summed E-state index contributed by atoms with van der Waals surface area (Å²) in [5.74, 6) is -0.203. The zero-order chi connectivity index (χ0) is 26.7. The number of carbonyl (C=O) groups excluding carboxylic acids is 1. The van der Waals surface area contributed by atoms with Crippen molar-refractivity contribution in [3.05, 3.63) is 18.3 Å². The minimum Gasteiger partial charge on any atom is -0.394 e. The van der Waals surface area contributed by atoms with Crippen LogP contribution in [0.4, 0.5) is 17.6 Å². The van der Waals surface area contributed by atoms with E-state index in [9.17, 15) is 25.3 Å². The van der Waals surface area contributed by atoms with Crippen LogP contribution in [0.1, 0.15) is 35.8 Å². The molecule has 11 N–H and O–H groups in total. The van der Waals surface area contributed by atoms with Gasteiger partial charge in [0, 0.05) is 12.8 Å². The molecule has 3 aromatic rings. The van der Waals surface area contributed by atoms with E-state index in [1.807, 2.05) is 0 Å². The number of amides is 1. The van der Waals surface area contributed by atoms with Gasteiger partial charge in [0.15, 0.2) is 47.2 Å². The van der Waals surface area contributed by atoms with Crippen LogP contribution in [0, 0.1) is 0 Å². The summed E-state index contributed by atoms with van der Waals surface area (Å²) >= 11 is 0. The van der Waals surface area contributed by atoms with E-state index in [0.29, 0.717) is 0 Å². The second-order valence-corrected chi connectivity index (χ2v) is 8.78. The van der Waals surface area contributed by atoms with Crippen LogP contribution >= 0.6 is 0 Å². The highest BCUT2D eigenvalue weighted by atomic mass is 16.8. The number of hydrogen-bond acceptors (Lipinski definition) is 17. The summed E-state index contributed by atoms with van der Waals surface area (Å²) in [6.07, 6.45) is -3.09. The number of ether oxygens (including phenoxy) is 1. The average molecular weight is 535 g/mol. The molecular weight excluding hydrogens is 510 g/mol. The molecule has 0 radical (unpaired) electrons. The number of aliphatic hydroxyl groups excluding tert-OH is 3. The van der Waals surface area contributed by atoms with Crippen molar-refractivity contribution in [3.8, 4) is 0 Å². The first-order valence-electron chi connectivity index (χ1n) is 11.5. The van der Waals surface area contributed by atoms with Crippen molar-refractivity contribution in [1.29, 1.82) is 0 Å². The maximum atomic E-state index is 12.7. The molecule has 0 bridgehead atoms. The van der Waals surface area contributed by atoms with Crippen LogP contribution in [0.3, 0.4) is 0 Å². The lowest BCUT2D eigenvalue weighted by Crippen LogP contribution is -2.61. The fourth-order valence-electron chi connectivity index (χ4n) is 4.68. The highest BCUT2D eigenvalue weighted by molar-refractivity contribution is 5.99. The van der Waals surface area contributed by atoms with Gasteiger partial charge in [-0.05, 0) is 0 Å². The highest BCUT2D eigenvalue weighted by Crippen LogP contribution is 2.37. The number of nitrogens with one attached hydrogen (secondary N) is 3. The molecule has 38 heavy (non-hydrogen) atoms. The number of nitrogen functional groups attached to an aromatic ring is 1. The normalized spacial score (nSPS) is 29.7. The third kappa shape index (κ3) is 3.79. The lowest BCUT2D eigenvalue weighted by atomic mass is 10.2. The van der Waals surface area contributed by atoms with E-state index in [-0.39, 0.29) is 47.3 Å². The van der Waals surface area contributed by atoms with Gasteiger partial charge in [-0.25, -0.2) is 24.9 Å². The molecular formula is C18H25N13O7. The van der Waals surface area contributed by atoms with Crippen LogP contribution < -0.4 is 32.8 Å². The van der Waals surface area contributed by atoms with E-state index < -0.39 is 49.7 Å². The standard InChI is InChI=1S/C18H25N13O7/c19-13-11-14(22-4-21-13)29(10-2-8(34)31(27-36)38-10)18(24-11)26-30-16-12(15(35)25-17(30)20)23-5-28(16)9-1-6(33)7(3-32)37-9/h4-10,17,27,32-34,36H,1-3,20H2,(H,24,26)(H,25,35)(H2,19,21,22)/t6-,7+,8-,9+,10+,17?/m0/s1. The number of hydrogen-bond donors (Lipinski definition) is 9. The monoisotopic (exact) mass is 535 g/mol. The molecule has 6 heterocycles. The second kappa shape index (κ2) is 9.23. The van der Waals surface area contributed by atoms with Crippen LogP contribution in [0.2, 0.25) is 0 Å². The van der Waals surface area contributed by atoms with Crippen molar-refractivity contribution < 1.29 is 34.9 Å². The number of hydroxylamine groups is 1. The third-order valence-corrected chi connectivity index (χ3v) is 6.49. The Kier molecular flexibility index (Phi) is 5.97. The predicted molar refractivity (Wildman–Crippen MR) is 123 cm³/mol. The fourth-order valence-corrected chi connectivity index (χ4v) is 4.68. The van der Waals surface area contributed by atoms with Crippen molar-refractivity contribution in [1.82, 2.24) is 45.1 Å². The number of aromatic nitrogens is 6. The van der Waals surface area contributed by atoms with Gasteiger partial charge in [-0.2, -0.15) is 0 Å². The summed E-state index contributed by atoms with van der Waals surface area (Å²) in [5.41, 5.74) is 17.5. The van der Waals surface area contributed by atoms with Gasteiger partial charge < -0.3 is 31.1 Å². The zero-order valence-electron chi connectivity index (χ0n) is 19.5. The molecule has 0 saturated carbocycles. The van der Waals surface area contributed by atoms with Crippen LogP contribution in [-0.4, -0.2) is 92.0 Å². The predicted octanol–water partition coefficient (Wildman–Crippen LogP) is -3.59. The number of aliphatic hydroxyl groups is 3. The molecule has 204 valence electrons. The van der Waals surface area contributed by atoms with E-state index >= 15 is 0 Å². The smallest absolute Gasteiger partial charge is 0.276 e. The van der Waals surface area contributed by atoms with Crippen LogP contribution in [-0.2, 0) is 9.57 Å². The molecule has 1 unspecified atom stereocenters. The van der Waals surface area contributed by atoms with E-state index in [1.165, 1.54) is 26.8 Å². The van der Waals surface area contributed by atoms with Gasteiger partial charge in [0.05, 0.1) is 19.0 Å². The van der Waals surface area contributed by atoms with Gasteiger partial charge in [0.1, 0.15) is 18.7 Å². The van der Waals surface area contributed by atoms with Crippen LogP contribution in [0.15, 0.2) is 12.7 Å². The van der Waals surface area contributed by atoms with Gasteiger partial charge in [0.2, 0.25) is 5.95 Å². The van der Waals surface area contributed by atoms with E-state index in [4.69, 9.17) is 21.0 Å². The van der Waals surface area contributed by atoms with Crippen LogP contribution in [0.25, 0.3) is 11.2 Å². The molecule has 6 atom stereocenters. The molecule has 3 aliphatic rings. The van der Waals surface area contributed by atoms with Crippen molar-refractivity contribution in [2.75, 3.05) is 22.8 Å². The second-order valence-electron chi connectivity index (χ2n) is 8.78. The van der Waals surface area contributed by atoms with Gasteiger partial charge >= 0.3 is 0 Å². The fraction of sp³-hybridized carbons (Fsp3) is 0.500. The first-order valence-corrected chi connectivity index (χ1v) is 11.5. The minimum atomic E-state index is -1.22. The van der Waals surface area contributed by atoms with E-state index in [1.54, 1.807) is 5.59 Å². The van der Waals surface area contributed by atoms with Crippen molar-refractivity contribution in [2.24, 2.45) is 5.73 Å². The number of anilines is 3. The molecule has 3 aliphatic heterocycles. The highest BCUT2D eigenvalue weighted by Gasteiger charge is 2.42. The Morgan fingerprint density at radius 2 is 2.03 bits per heavy atom. The summed E-state index contributed by atoms with van der Waals surface area (Å²) < 4.78 is 8.74. The maximum Gasteiger partial charge on any atom is 0.276 e. The quantitative estimate of drug-likeness (QED) is 0.138. The average Bonchev–Trinajstić information content (AvgIpc) is 3.65. The molecule has 20 nitrogen and oxygen atoms in total. The lowest BCUT2D eigenvalue weighted by molar-refractivity contribution is -0.296. The first kappa shape index (κ1) is 24.6. The first-order chi connectivity index (χ1) is 18.3. The Hall–Kier alpha value is -3.73. The number of carbonyl (C=O) groups is 1. The molecule has 2 saturated heterocycles. The number of rotatable bonds is 6.